The van der Waals surface area contributed by atoms with Gasteiger partial charge in [0.1, 0.15) is 6.04 Å². The van der Waals surface area contributed by atoms with Crippen LogP contribution in [0.5, 0.6) is 0 Å². The molecule has 0 saturated heterocycles. The highest BCUT2D eigenvalue weighted by Gasteiger charge is 2.24. The van der Waals surface area contributed by atoms with Gasteiger partial charge in [0.25, 0.3) is 5.69 Å². The van der Waals surface area contributed by atoms with Crippen molar-refractivity contribution < 1.29 is 14.5 Å². The molecule has 0 heterocycles. The Hall–Kier alpha value is -2.73. The molecule has 2 rings (SSSR count). The second kappa shape index (κ2) is 7.70. The highest BCUT2D eigenvalue weighted by Crippen LogP contribution is 2.23. The number of benzene rings is 2. The summed E-state index contributed by atoms with van der Waals surface area (Å²) in [6.45, 7) is 4.29. The number of non-ortho nitro benzene ring substituents is 1. The van der Waals surface area contributed by atoms with Crippen molar-refractivity contribution in [1.29, 1.82) is 0 Å². The summed E-state index contributed by atoms with van der Waals surface area (Å²) in [7, 11) is 1.36. The summed E-state index contributed by atoms with van der Waals surface area (Å²) >= 11 is 0. The lowest BCUT2D eigenvalue weighted by Gasteiger charge is -2.21. The van der Waals surface area contributed by atoms with Gasteiger partial charge in [-0.25, -0.2) is 4.79 Å². The molecule has 0 unspecified atom stereocenters. The van der Waals surface area contributed by atoms with Crippen molar-refractivity contribution in [2.75, 3.05) is 7.11 Å². The summed E-state index contributed by atoms with van der Waals surface area (Å²) < 4.78 is 4.93. The second-order valence-corrected chi connectivity index (χ2v) is 5.57. The number of nitrogens with one attached hydrogen (secondary N) is 1. The lowest BCUT2D eigenvalue weighted by Crippen LogP contribution is -2.30. The highest BCUT2D eigenvalue weighted by molar-refractivity contribution is 5.78. The normalized spacial score (nSPS) is 11.8. The maximum atomic E-state index is 12.2. The standard InChI is InChI=1S/C18H20N2O4/c1-12-5-4-6-13(2)16(12)17(18(21)24-3)19-11-14-7-9-15(10-8-14)20(22)23/h4-10,17,19H,11H2,1-3H3/t17-/m1/s1. The van der Waals surface area contributed by atoms with E-state index in [2.05, 4.69) is 5.32 Å². The fourth-order valence-electron chi connectivity index (χ4n) is 2.66. The van der Waals surface area contributed by atoms with Crippen molar-refractivity contribution >= 4 is 11.7 Å². The molecular weight excluding hydrogens is 308 g/mol. The molecular formula is C18H20N2O4. The minimum Gasteiger partial charge on any atom is -0.468 e. The third-order valence-corrected chi connectivity index (χ3v) is 3.93. The molecule has 0 fully saturated rings. The van der Waals surface area contributed by atoms with E-state index < -0.39 is 11.0 Å². The molecule has 0 amide bonds. The van der Waals surface area contributed by atoms with Gasteiger partial charge >= 0.3 is 5.97 Å². The van der Waals surface area contributed by atoms with Crippen molar-refractivity contribution in [3.8, 4) is 0 Å². The average molecular weight is 328 g/mol. The topological polar surface area (TPSA) is 81.5 Å². The predicted molar refractivity (Wildman–Crippen MR) is 90.6 cm³/mol. The number of methoxy groups -OCH3 is 1. The SMILES string of the molecule is COC(=O)[C@H](NCc1ccc([N+](=O)[O-])cc1)c1c(C)cccc1C. The number of hydrogen-bond acceptors (Lipinski definition) is 5. The molecule has 0 radical (unpaired) electrons. The van der Waals surface area contributed by atoms with Crippen molar-refractivity contribution in [1.82, 2.24) is 5.32 Å². The lowest BCUT2D eigenvalue weighted by molar-refractivity contribution is -0.384. The van der Waals surface area contributed by atoms with Crippen molar-refractivity contribution in [2.45, 2.75) is 26.4 Å². The Labute approximate surface area is 140 Å². The molecule has 0 aliphatic carbocycles. The fourth-order valence-corrected chi connectivity index (χ4v) is 2.66. The largest absolute Gasteiger partial charge is 0.468 e. The first-order valence-electron chi connectivity index (χ1n) is 7.54. The van der Waals surface area contributed by atoms with Crippen LogP contribution in [-0.4, -0.2) is 18.0 Å². The van der Waals surface area contributed by atoms with E-state index in [9.17, 15) is 14.9 Å². The lowest BCUT2D eigenvalue weighted by atomic mass is 9.96. The zero-order chi connectivity index (χ0) is 17.7. The van der Waals surface area contributed by atoms with Crippen LogP contribution in [-0.2, 0) is 16.1 Å². The zero-order valence-corrected chi connectivity index (χ0v) is 13.9. The molecule has 6 heteroatoms. The number of rotatable bonds is 6. The molecule has 126 valence electrons. The number of carbonyl (C=O) groups is 1. The van der Waals surface area contributed by atoms with Gasteiger partial charge in [-0.2, -0.15) is 0 Å². The minimum atomic E-state index is -0.591. The summed E-state index contributed by atoms with van der Waals surface area (Å²) in [6, 6.07) is 11.5. The van der Waals surface area contributed by atoms with Crippen LogP contribution in [0.3, 0.4) is 0 Å². The summed E-state index contributed by atoms with van der Waals surface area (Å²) in [4.78, 5) is 22.5. The number of esters is 1. The molecule has 0 aliphatic heterocycles. The predicted octanol–water partition coefficient (Wildman–Crippen LogP) is 3.22. The maximum Gasteiger partial charge on any atom is 0.327 e. The van der Waals surface area contributed by atoms with Crippen molar-refractivity contribution in [3.63, 3.8) is 0 Å². The summed E-state index contributed by atoms with van der Waals surface area (Å²) in [5.74, 6) is -0.366. The number of ether oxygens (including phenoxy) is 1. The van der Waals surface area contributed by atoms with E-state index in [1.165, 1.54) is 19.2 Å². The van der Waals surface area contributed by atoms with Crippen LogP contribution in [0.25, 0.3) is 0 Å². The minimum absolute atomic E-state index is 0.0398. The molecule has 0 aromatic heterocycles. The van der Waals surface area contributed by atoms with Gasteiger partial charge in [-0.15, -0.1) is 0 Å². The van der Waals surface area contributed by atoms with Gasteiger partial charge in [-0.3, -0.25) is 15.4 Å². The molecule has 6 nitrogen and oxygen atoms in total. The first-order chi connectivity index (χ1) is 11.4. The van der Waals surface area contributed by atoms with Crippen LogP contribution in [0.4, 0.5) is 5.69 Å². The van der Waals surface area contributed by atoms with Crippen LogP contribution in [0.1, 0.15) is 28.3 Å². The Kier molecular flexibility index (Phi) is 5.65. The molecule has 0 aliphatic rings. The van der Waals surface area contributed by atoms with Crippen LogP contribution in [0, 0.1) is 24.0 Å². The Bertz CT molecular complexity index is 721. The molecule has 24 heavy (non-hydrogen) atoms. The number of aryl methyl sites for hydroxylation is 2. The first kappa shape index (κ1) is 17.6. The fraction of sp³-hybridized carbons (Fsp3) is 0.278. The molecule has 0 bridgehead atoms. The molecule has 0 spiro atoms. The molecule has 1 N–H and O–H groups in total. The van der Waals surface area contributed by atoms with Crippen LogP contribution < -0.4 is 5.32 Å². The quantitative estimate of drug-likeness (QED) is 0.500. The van der Waals surface area contributed by atoms with Crippen LogP contribution >= 0.6 is 0 Å². The zero-order valence-electron chi connectivity index (χ0n) is 13.9. The maximum absolute atomic E-state index is 12.2. The van der Waals surface area contributed by atoms with E-state index in [0.717, 1.165) is 22.3 Å². The average Bonchev–Trinajstić information content (AvgIpc) is 2.57. The van der Waals surface area contributed by atoms with E-state index in [1.807, 2.05) is 32.0 Å². The van der Waals surface area contributed by atoms with Gasteiger partial charge in [-0.05, 0) is 36.1 Å². The third kappa shape index (κ3) is 3.97. The Morgan fingerprint density at radius 1 is 1.17 bits per heavy atom. The molecule has 2 aromatic carbocycles. The highest BCUT2D eigenvalue weighted by atomic mass is 16.6. The number of nitrogens with zero attached hydrogens (tertiary/aromatic N) is 1. The Morgan fingerprint density at radius 2 is 1.75 bits per heavy atom. The van der Waals surface area contributed by atoms with Crippen molar-refractivity contribution in [3.05, 3.63) is 74.8 Å². The van der Waals surface area contributed by atoms with E-state index >= 15 is 0 Å². The summed E-state index contributed by atoms with van der Waals surface area (Å²) in [5.41, 5.74) is 3.79. The Balaban J connectivity index is 2.21. The van der Waals surface area contributed by atoms with E-state index in [1.54, 1.807) is 12.1 Å². The van der Waals surface area contributed by atoms with E-state index in [4.69, 9.17) is 4.74 Å². The smallest absolute Gasteiger partial charge is 0.327 e. The molecule has 1 atom stereocenters. The Morgan fingerprint density at radius 3 is 2.25 bits per heavy atom. The second-order valence-electron chi connectivity index (χ2n) is 5.57. The molecule has 2 aromatic rings. The first-order valence-corrected chi connectivity index (χ1v) is 7.54. The number of hydrogen-bond donors (Lipinski definition) is 1. The summed E-state index contributed by atoms with van der Waals surface area (Å²) in [6.07, 6.45) is 0. The van der Waals surface area contributed by atoms with Gasteiger partial charge in [0.05, 0.1) is 12.0 Å². The number of nitro benzene ring substituents is 1. The van der Waals surface area contributed by atoms with Crippen LogP contribution in [0.15, 0.2) is 42.5 Å². The van der Waals surface area contributed by atoms with Gasteiger partial charge in [0, 0.05) is 18.7 Å². The monoisotopic (exact) mass is 328 g/mol. The van der Waals surface area contributed by atoms with E-state index in [0.29, 0.717) is 6.54 Å². The van der Waals surface area contributed by atoms with Gasteiger partial charge in [0.2, 0.25) is 0 Å². The third-order valence-electron chi connectivity index (χ3n) is 3.93. The van der Waals surface area contributed by atoms with Gasteiger partial charge in [-0.1, -0.05) is 30.3 Å². The number of nitro groups is 1. The van der Waals surface area contributed by atoms with E-state index in [-0.39, 0.29) is 11.7 Å². The van der Waals surface area contributed by atoms with Crippen molar-refractivity contribution in [2.24, 2.45) is 0 Å². The van der Waals surface area contributed by atoms with Gasteiger partial charge < -0.3 is 4.74 Å². The van der Waals surface area contributed by atoms with Gasteiger partial charge in [0.15, 0.2) is 0 Å². The van der Waals surface area contributed by atoms with Crippen LogP contribution in [0.2, 0.25) is 0 Å². The summed E-state index contributed by atoms with van der Waals surface area (Å²) in [5, 5.41) is 13.9. The number of carbonyl (C=O) groups excluding carboxylic acids is 1. The molecule has 0 saturated carbocycles.